The molecular weight excluding hydrogens is 330 g/mol. The van der Waals surface area contributed by atoms with Gasteiger partial charge in [-0.05, 0) is 50.1 Å². The highest BCUT2D eigenvalue weighted by molar-refractivity contribution is 7.85. The summed E-state index contributed by atoms with van der Waals surface area (Å²) < 4.78 is 17.4. The van der Waals surface area contributed by atoms with E-state index in [0.29, 0.717) is 5.69 Å². The molecule has 1 heterocycles. The molecule has 2 unspecified atom stereocenters. The van der Waals surface area contributed by atoms with Crippen molar-refractivity contribution < 1.29 is 23.3 Å². The number of carbonyl (C=O) groups excluding carboxylic acids is 1. The molecule has 0 fully saturated rings. The van der Waals surface area contributed by atoms with E-state index >= 15 is 0 Å². The Balaban J connectivity index is 2.02. The molecule has 1 aromatic carbocycles. The topological polar surface area (TPSA) is 96.6 Å². The third-order valence-corrected chi connectivity index (χ3v) is 5.14. The minimum absolute atomic E-state index is 0.0192. The van der Waals surface area contributed by atoms with Gasteiger partial charge in [-0.3, -0.25) is 9.00 Å². The molecule has 128 valence electrons. The second-order valence-electron chi connectivity index (χ2n) is 5.55. The van der Waals surface area contributed by atoms with Gasteiger partial charge >= 0.3 is 5.97 Å². The van der Waals surface area contributed by atoms with E-state index in [9.17, 15) is 13.8 Å². The maximum atomic E-state index is 12.3. The molecule has 0 radical (unpaired) electrons. The molecule has 6 nitrogen and oxygen atoms in total. The lowest BCUT2D eigenvalue weighted by Gasteiger charge is -2.13. The van der Waals surface area contributed by atoms with Crippen LogP contribution in [-0.2, 0) is 21.3 Å². The van der Waals surface area contributed by atoms with Gasteiger partial charge in [-0.15, -0.1) is 0 Å². The Morgan fingerprint density at radius 3 is 2.58 bits per heavy atom. The third kappa shape index (κ3) is 4.32. The van der Waals surface area contributed by atoms with Crippen molar-refractivity contribution in [2.45, 2.75) is 31.8 Å². The zero-order valence-corrected chi connectivity index (χ0v) is 14.5. The molecule has 2 atom stereocenters. The maximum absolute atomic E-state index is 12.3. The standard InChI is InChI=1S/C17H19NO5S/c1-10-4-5-11(2)14(8-10)18-16(19)12(3)24(22)9-13-6-7-15(23-13)17(20)21/h4-8,12H,9H2,1-3H3,(H,18,19)(H,20,21). The first-order valence-electron chi connectivity index (χ1n) is 7.35. The number of nitrogens with one attached hydrogen (secondary N) is 1. The first-order valence-corrected chi connectivity index (χ1v) is 8.73. The Bertz CT molecular complexity index is 796. The van der Waals surface area contributed by atoms with Crippen molar-refractivity contribution in [3.8, 4) is 0 Å². The molecule has 0 aliphatic heterocycles. The van der Waals surface area contributed by atoms with Crippen LogP contribution >= 0.6 is 0 Å². The number of anilines is 1. The van der Waals surface area contributed by atoms with E-state index < -0.39 is 22.0 Å². The van der Waals surface area contributed by atoms with E-state index in [1.165, 1.54) is 12.1 Å². The summed E-state index contributed by atoms with van der Waals surface area (Å²) >= 11 is 0. The molecule has 2 rings (SSSR count). The fourth-order valence-electron chi connectivity index (χ4n) is 2.06. The number of hydrogen-bond donors (Lipinski definition) is 2. The minimum Gasteiger partial charge on any atom is -0.475 e. The number of hydrogen-bond acceptors (Lipinski definition) is 4. The van der Waals surface area contributed by atoms with Crippen LogP contribution in [0.25, 0.3) is 0 Å². The predicted molar refractivity (Wildman–Crippen MR) is 91.5 cm³/mol. The molecule has 1 amide bonds. The van der Waals surface area contributed by atoms with Gasteiger partial charge in [0.2, 0.25) is 11.7 Å². The molecule has 7 heteroatoms. The van der Waals surface area contributed by atoms with Crippen LogP contribution in [0.3, 0.4) is 0 Å². The summed E-state index contributed by atoms with van der Waals surface area (Å²) in [6.07, 6.45) is 0. The molecular formula is C17H19NO5S. The van der Waals surface area contributed by atoms with Gasteiger partial charge in [-0.1, -0.05) is 12.1 Å². The van der Waals surface area contributed by atoms with Crippen molar-refractivity contribution in [2.24, 2.45) is 0 Å². The quantitative estimate of drug-likeness (QED) is 0.836. The highest BCUT2D eigenvalue weighted by Crippen LogP contribution is 2.18. The number of carboxylic acid groups (broad SMARTS) is 1. The highest BCUT2D eigenvalue weighted by Gasteiger charge is 2.22. The predicted octanol–water partition coefficient (Wildman–Crippen LogP) is 2.87. The average molecular weight is 349 g/mol. The highest BCUT2D eigenvalue weighted by atomic mass is 32.2. The van der Waals surface area contributed by atoms with Gasteiger partial charge in [0.05, 0.1) is 5.75 Å². The van der Waals surface area contributed by atoms with Crippen molar-refractivity contribution >= 4 is 28.4 Å². The molecule has 0 saturated carbocycles. The molecule has 0 saturated heterocycles. The third-order valence-electron chi connectivity index (χ3n) is 3.57. The fraction of sp³-hybridized carbons (Fsp3) is 0.294. The van der Waals surface area contributed by atoms with Gasteiger partial charge in [0.1, 0.15) is 11.0 Å². The number of benzene rings is 1. The lowest BCUT2D eigenvalue weighted by atomic mass is 10.1. The van der Waals surface area contributed by atoms with E-state index in [2.05, 4.69) is 5.32 Å². The minimum atomic E-state index is -1.53. The SMILES string of the molecule is Cc1ccc(C)c(NC(=O)C(C)S(=O)Cc2ccc(C(=O)O)o2)c1. The molecule has 2 aromatic rings. The lowest BCUT2D eigenvalue weighted by Crippen LogP contribution is -2.30. The van der Waals surface area contributed by atoms with Crippen LogP contribution in [0.4, 0.5) is 5.69 Å². The Morgan fingerprint density at radius 1 is 1.25 bits per heavy atom. The summed E-state index contributed by atoms with van der Waals surface area (Å²) in [5.74, 6) is -1.50. The number of rotatable bonds is 6. The molecule has 0 aliphatic carbocycles. The molecule has 0 spiro atoms. The summed E-state index contributed by atoms with van der Waals surface area (Å²) in [7, 11) is -1.53. The molecule has 1 aromatic heterocycles. The second kappa shape index (κ2) is 7.44. The van der Waals surface area contributed by atoms with Gasteiger partial charge in [0, 0.05) is 16.5 Å². The zero-order chi connectivity index (χ0) is 17.9. The molecule has 0 bridgehead atoms. The van der Waals surface area contributed by atoms with Crippen LogP contribution in [0, 0.1) is 13.8 Å². The molecule has 24 heavy (non-hydrogen) atoms. The van der Waals surface area contributed by atoms with Crippen molar-refractivity contribution in [2.75, 3.05) is 5.32 Å². The Kier molecular flexibility index (Phi) is 5.56. The number of amides is 1. The second-order valence-corrected chi connectivity index (χ2v) is 7.30. The smallest absolute Gasteiger partial charge is 0.371 e. The lowest BCUT2D eigenvalue weighted by molar-refractivity contribution is -0.115. The largest absolute Gasteiger partial charge is 0.475 e. The number of carbonyl (C=O) groups is 2. The number of carboxylic acids is 1. The number of aromatic carboxylic acids is 1. The van der Waals surface area contributed by atoms with Crippen LogP contribution in [-0.4, -0.2) is 26.4 Å². The van der Waals surface area contributed by atoms with E-state index in [-0.39, 0.29) is 23.2 Å². The maximum Gasteiger partial charge on any atom is 0.371 e. The van der Waals surface area contributed by atoms with Crippen LogP contribution in [0.2, 0.25) is 0 Å². The van der Waals surface area contributed by atoms with E-state index in [1.807, 2.05) is 32.0 Å². The Labute approximate surface area is 142 Å². The van der Waals surface area contributed by atoms with Gasteiger partial charge in [0.15, 0.2) is 0 Å². The van der Waals surface area contributed by atoms with Gasteiger partial charge < -0.3 is 14.8 Å². The summed E-state index contributed by atoms with van der Waals surface area (Å²) in [5, 5.41) is 10.8. The normalized spacial score (nSPS) is 13.3. The summed E-state index contributed by atoms with van der Waals surface area (Å²) in [5.41, 5.74) is 2.63. The van der Waals surface area contributed by atoms with Crippen molar-refractivity contribution in [1.82, 2.24) is 0 Å². The zero-order valence-electron chi connectivity index (χ0n) is 13.7. The van der Waals surface area contributed by atoms with Crippen LogP contribution in [0.5, 0.6) is 0 Å². The summed E-state index contributed by atoms with van der Waals surface area (Å²) in [6, 6.07) is 8.47. The monoisotopic (exact) mass is 349 g/mol. The van der Waals surface area contributed by atoms with E-state index in [1.54, 1.807) is 6.92 Å². The number of aryl methyl sites for hydroxylation is 2. The van der Waals surface area contributed by atoms with Gasteiger partial charge in [-0.25, -0.2) is 4.79 Å². The first-order chi connectivity index (χ1) is 11.3. The molecule has 2 N–H and O–H groups in total. The summed E-state index contributed by atoms with van der Waals surface area (Å²) in [4.78, 5) is 23.1. The van der Waals surface area contributed by atoms with Crippen molar-refractivity contribution in [1.29, 1.82) is 0 Å². The average Bonchev–Trinajstić information content (AvgIpc) is 2.98. The van der Waals surface area contributed by atoms with E-state index in [0.717, 1.165) is 11.1 Å². The number of furan rings is 1. The Hall–Kier alpha value is -2.41. The van der Waals surface area contributed by atoms with Gasteiger partial charge in [-0.2, -0.15) is 0 Å². The van der Waals surface area contributed by atoms with Crippen LogP contribution in [0.15, 0.2) is 34.7 Å². The van der Waals surface area contributed by atoms with E-state index in [4.69, 9.17) is 9.52 Å². The molecule has 0 aliphatic rings. The first kappa shape index (κ1) is 17.9. The fourth-order valence-corrected chi connectivity index (χ4v) is 3.04. The van der Waals surface area contributed by atoms with Crippen molar-refractivity contribution in [3.05, 3.63) is 53.0 Å². The van der Waals surface area contributed by atoms with Crippen molar-refractivity contribution in [3.63, 3.8) is 0 Å². The van der Waals surface area contributed by atoms with Crippen LogP contribution < -0.4 is 5.32 Å². The Morgan fingerprint density at radius 2 is 1.96 bits per heavy atom. The van der Waals surface area contributed by atoms with Crippen LogP contribution in [0.1, 0.15) is 34.4 Å². The summed E-state index contributed by atoms with van der Waals surface area (Å²) in [6.45, 7) is 5.37. The van der Waals surface area contributed by atoms with Gasteiger partial charge in [0.25, 0.3) is 0 Å².